The van der Waals surface area contributed by atoms with Crippen LogP contribution in [0.4, 0.5) is 4.39 Å². The molecule has 0 aliphatic carbocycles. The normalized spacial score (nSPS) is 11.4. The lowest BCUT2D eigenvalue weighted by Gasteiger charge is -2.01. The molecule has 5 rings (SSSR count). The fourth-order valence-corrected chi connectivity index (χ4v) is 3.35. The maximum Gasteiger partial charge on any atom is 0.284 e. The quantitative estimate of drug-likeness (QED) is 0.429. The van der Waals surface area contributed by atoms with Crippen LogP contribution in [0.3, 0.4) is 0 Å². The maximum atomic E-state index is 13.6. The van der Waals surface area contributed by atoms with Crippen molar-refractivity contribution < 1.29 is 13.2 Å². The second-order valence-corrected chi connectivity index (χ2v) is 6.40. The van der Waals surface area contributed by atoms with E-state index in [1.807, 2.05) is 30.3 Å². The van der Waals surface area contributed by atoms with Crippen molar-refractivity contribution >= 4 is 33.6 Å². The van der Waals surface area contributed by atoms with Gasteiger partial charge in [0.2, 0.25) is 0 Å². The van der Waals surface area contributed by atoms with Crippen molar-refractivity contribution in [3.63, 3.8) is 0 Å². The second-order valence-electron chi connectivity index (χ2n) is 5.46. The molecule has 0 fully saturated rings. The molecule has 0 atom stereocenters. The highest BCUT2D eigenvalue weighted by atomic mass is 32.2. The zero-order valence-electron chi connectivity index (χ0n) is 13.1. The van der Waals surface area contributed by atoms with Crippen molar-refractivity contribution in [1.82, 2.24) is 20.2 Å². The lowest BCUT2D eigenvalue weighted by atomic mass is 10.2. The molecule has 0 aliphatic rings. The summed E-state index contributed by atoms with van der Waals surface area (Å²) in [5, 5.41) is 10.4. The largest absolute Gasteiger partial charge is 0.451 e. The monoisotopic (exact) mass is 364 g/mol. The Morgan fingerprint density at radius 3 is 2.77 bits per heavy atom. The zero-order valence-corrected chi connectivity index (χ0v) is 13.9. The van der Waals surface area contributed by atoms with E-state index in [4.69, 9.17) is 8.83 Å². The Morgan fingerprint density at radius 1 is 0.923 bits per heavy atom. The molecule has 0 bridgehead atoms. The highest BCUT2D eigenvalue weighted by Gasteiger charge is 2.16. The van der Waals surface area contributed by atoms with E-state index in [-0.39, 0.29) is 16.9 Å². The molecule has 0 amide bonds. The van der Waals surface area contributed by atoms with Gasteiger partial charge >= 0.3 is 0 Å². The fraction of sp³-hybridized carbons (Fsp3) is 0. The molecule has 0 aliphatic heterocycles. The molecule has 0 saturated carbocycles. The van der Waals surface area contributed by atoms with Crippen LogP contribution in [0.2, 0.25) is 0 Å². The van der Waals surface area contributed by atoms with Gasteiger partial charge in [0.15, 0.2) is 5.76 Å². The van der Waals surface area contributed by atoms with Gasteiger partial charge in [-0.2, -0.15) is 0 Å². The highest BCUT2D eigenvalue weighted by Crippen LogP contribution is 2.33. The predicted octanol–water partition coefficient (Wildman–Crippen LogP) is 4.72. The molecular formula is C18H9FN4O2S. The lowest BCUT2D eigenvalue weighted by Crippen LogP contribution is -1.88. The number of para-hydroxylation sites is 1. The molecule has 3 aromatic heterocycles. The Hall–Kier alpha value is -3.26. The van der Waals surface area contributed by atoms with E-state index in [1.165, 1.54) is 18.5 Å². The summed E-state index contributed by atoms with van der Waals surface area (Å²) in [6.45, 7) is 0. The fourth-order valence-electron chi connectivity index (χ4n) is 2.61. The maximum absolute atomic E-state index is 13.6. The Morgan fingerprint density at radius 2 is 1.85 bits per heavy atom. The van der Waals surface area contributed by atoms with Crippen molar-refractivity contribution in [3.05, 3.63) is 60.7 Å². The van der Waals surface area contributed by atoms with Crippen LogP contribution in [0.15, 0.2) is 73.9 Å². The summed E-state index contributed by atoms with van der Waals surface area (Å²) in [5.74, 6) is 0.403. The lowest BCUT2D eigenvalue weighted by molar-refractivity contribution is 0.451. The van der Waals surface area contributed by atoms with Crippen molar-refractivity contribution in [1.29, 1.82) is 0 Å². The third-order valence-electron chi connectivity index (χ3n) is 3.79. The number of hydrogen-bond acceptors (Lipinski definition) is 7. The van der Waals surface area contributed by atoms with E-state index in [2.05, 4.69) is 20.2 Å². The third-order valence-corrected chi connectivity index (χ3v) is 4.65. The van der Waals surface area contributed by atoms with Gasteiger partial charge in [0, 0.05) is 10.8 Å². The molecule has 0 saturated heterocycles. The van der Waals surface area contributed by atoms with E-state index < -0.39 is 0 Å². The van der Waals surface area contributed by atoms with Crippen LogP contribution in [0.5, 0.6) is 0 Å². The number of benzene rings is 2. The zero-order chi connectivity index (χ0) is 17.5. The first kappa shape index (κ1) is 15.0. The molecule has 8 heteroatoms. The number of fused-ring (bicyclic) bond motifs is 2. The minimum Gasteiger partial charge on any atom is -0.451 e. The molecule has 2 aromatic carbocycles. The van der Waals surface area contributed by atoms with E-state index in [0.29, 0.717) is 21.7 Å². The number of halogens is 1. The minimum atomic E-state index is -0.359. The van der Waals surface area contributed by atoms with Crippen molar-refractivity contribution in [2.75, 3.05) is 0 Å². The Bertz CT molecular complexity index is 1220. The second kappa shape index (κ2) is 5.92. The summed E-state index contributed by atoms with van der Waals surface area (Å²) in [5.41, 5.74) is 1.38. The van der Waals surface area contributed by atoms with Crippen molar-refractivity contribution in [2.24, 2.45) is 0 Å². The molecule has 0 spiro atoms. The molecule has 126 valence electrons. The summed E-state index contributed by atoms with van der Waals surface area (Å²) >= 11 is 1.15. The summed E-state index contributed by atoms with van der Waals surface area (Å²) in [4.78, 5) is 8.32. The first-order valence-corrected chi connectivity index (χ1v) is 8.48. The Labute approximate surface area is 150 Å². The minimum absolute atomic E-state index is 0.272. The van der Waals surface area contributed by atoms with Gasteiger partial charge in [0.25, 0.3) is 11.1 Å². The van der Waals surface area contributed by atoms with Crippen LogP contribution in [0, 0.1) is 5.82 Å². The predicted molar refractivity (Wildman–Crippen MR) is 93.1 cm³/mol. The summed E-state index contributed by atoms with van der Waals surface area (Å²) in [7, 11) is 0. The number of rotatable bonds is 3. The van der Waals surface area contributed by atoms with Crippen LogP contribution in [-0.4, -0.2) is 20.2 Å². The van der Waals surface area contributed by atoms with Crippen molar-refractivity contribution in [2.45, 2.75) is 10.2 Å². The number of aromatic nitrogens is 4. The summed E-state index contributed by atoms with van der Waals surface area (Å²) < 4.78 is 25.0. The van der Waals surface area contributed by atoms with Crippen LogP contribution in [0.1, 0.15) is 0 Å². The summed E-state index contributed by atoms with van der Waals surface area (Å²) in [6.07, 6.45) is 1.42. The van der Waals surface area contributed by atoms with Gasteiger partial charge in [-0.15, -0.1) is 10.2 Å². The molecule has 3 heterocycles. The van der Waals surface area contributed by atoms with Crippen LogP contribution in [0.25, 0.3) is 33.5 Å². The van der Waals surface area contributed by atoms with Crippen molar-refractivity contribution in [3.8, 4) is 11.7 Å². The SMILES string of the molecule is Fc1ccc2ncnc(Sc3nnc(-c4cc5ccccc5o4)o3)c2c1. The Kier molecular flexibility index (Phi) is 3.42. The highest BCUT2D eigenvalue weighted by molar-refractivity contribution is 7.99. The van der Waals surface area contributed by atoms with E-state index >= 15 is 0 Å². The smallest absolute Gasteiger partial charge is 0.284 e. The van der Waals surface area contributed by atoms with E-state index in [9.17, 15) is 4.39 Å². The van der Waals surface area contributed by atoms with Crippen LogP contribution >= 0.6 is 11.8 Å². The number of hydrogen-bond donors (Lipinski definition) is 0. The number of furan rings is 1. The van der Waals surface area contributed by atoms with E-state index in [0.717, 1.165) is 22.7 Å². The first-order chi connectivity index (χ1) is 12.8. The topological polar surface area (TPSA) is 77.8 Å². The molecule has 0 radical (unpaired) electrons. The van der Waals surface area contributed by atoms with Gasteiger partial charge in [0.1, 0.15) is 22.8 Å². The van der Waals surface area contributed by atoms with Crippen LogP contribution < -0.4 is 0 Å². The van der Waals surface area contributed by atoms with Crippen LogP contribution in [-0.2, 0) is 0 Å². The molecule has 26 heavy (non-hydrogen) atoms. The molecule has 0 unspecified atom stereocenters. The average molecular weight is 364 g/mol. The Balaban J connectivity index is 1.50. The van der Waals surface area contributed by atoms with Gasteiger partial charge in [-0.05, 0) is 42.1 Å². The average Bonchev–Trinajstić information content (AvgIpc) is 3.28. The van der Waals surface area contributed by atoms with Gasteiger partial charge in [-0.1, -0.05) is 18.2 Å². The first-order valence-electron chi connectivity index (χ1n) is 7.67. The molecule has 6 nitrogen and oxygen atoms in total. The van der Waals surface area contributed by atoms with E-state index in [1.54, 1.807) is 6.07 Å². The summed E-state index contributed by atoms with van der Waals surface area (Å²) in [6, 6.07) is 13.8. The van der Waals surface area contributed by atoms with Gasteiger partial charge in [0.05, 0.1) is 5.52 Å². The molecule has 0 N–H and O–H groups in total. The van der Waals surface area contributed by atoms with Gasteiger partial charge in [-0.3, -0.25) is 0 Å². The number of nitrogens with zero attached hydrogens (tertiary/aromatic N) is 4. The standard InChI is InChI=1S/C18H9FN4O2S/c19-11-5-6-13-12(8-11)17(21-9-20-13)26-18-23-22-16(25-18)15-7-10-3-1-2-4-14(10)24-15/h1-9H. The molecular weight excluding hydrogens is 355 g/mol. The van der Waals surface area contributed by atoms with Gasteiger partial charge in [-0.25, -0.2) is 14.4 Å². The molecule has 5 aromatic rings. The van der Waals surface area contributed by atoms with Gasteiger partial charge < -0.3 is 8.83 Å². The third kappa shape index (κ3) is 2.60.